The number of rotatable bonds is 4. The van der Waals surface area contributed by atoms with Crippen molar-refractivity contribution in [3.8, 4) is 0 Å². The molecule has 1 aliphatic heterocycles. The van der Waals surface area contributed by atoms with Crippen molar-refractivity contribution in [3.63, 3.8) is 0 Å². The normalized spacial score (nSPS) is 27.1. The number of nitrogens with zero attached hydrogens (tertiary/aromatic N) is 2. The first kappa shape index (κ1) is 16.4. The molecule has 0 bridgehead atoms. The molecular weight excluding hydrogens is 292 g/mol. The predicted octanol–water partition coefficient (Wildman–Crippen LogP) is 1.43. The summed E-state index contributed by atoms with van der Waals surface area (Å²) < 4.78 is 5.45. The highest BCUT2D eigenvalue weighted by atomic mass is 16.5. The highest BCUT2D eigenvalue weighted by molar-refractivity contribution is 5.82. The molecule has 2 fully saturated rings. The van der Waals surface area contributed by atoms with Gasteiger partial charge in [-0.25, -0.2) is 0 Å². The van der Waals surface area contributed by atoms with Crippen molar-refractivity contribution < 1.29 is 14.6 Å². The molecule has 1 amide bonds. The van der Waals surface area contributed by atoms with Gasteiger partial charge in [0, 0.05) is 39.3 Å². The van der Waals surface area contributed by atoms with E-state index in [1.165, 1.54) is 0 Å². The SMILES string of the molecule is CO[C@H](C(=O)N1CCN([C@@H]2CCC[C@@H]2O)CC1)c1ccccc1. The van der Waals surface area contributed by atoms with Crippen LogP contribution in [0.1, 0.15) is 30.9 Å². The molecule has 1 saturated carbocycles. The average Bonchev–Trinajstić information content (AvgIpc) is 3.02. The van der Waals surface area contributed by atoms with Crippen LogP contribution in [0.3, 0.4) is 0 Å². The molecule has 0 spiro atoms. The van der Waals surface area contributed by atoms with Gasteiger partial charge in [-0.3, -0.25) is 9.69 Å². The lowest BCUT2D eigenvalue weighted by molar-refractivity contribution is -0.144. The Labute approximate surface area is 137 Å². The van der Waals surface area contributed by atoms with E-state index in [2.05, 4.69) is 4.90 Å². The molecular formula is C18H26N2O3. The van der Waals surface area contributed by atoms with Crippen LogP contribution < -0.4 is 0 Å². The summed E-state index contributed by atoms with van der Waals surface area (Å²) in [5, 5.41) is 10.0. The highest BCUT2D eigenvalue weighted by Gasteiger charge is 2.34. The molecule has 1 saturated heterocycles. The van der Waals surface area contributed by atoms with E-state index in [9.17, 15) is 9.90 Å². The number of carbonyl (C=O) groups excluding carboxylic acids is 1. The van der Waals surface area contributed by atoms with Gasteiger partial charge < -0.3 is 14.7 Å². The fourth-order valence-corrected chi connectivity index (χ4v) is 3.79. The number of methoxy groups -OCH3 is 1. The number of hydrogen-bond acceptors (Lipinski definition) is 4. The van der Waals surface area contributed by atoms with Crippen molar-refractivity contribution in [2.24, 2.45) is 0 Å². The molecule has 5 nitrogen and oxygen atoms in total. The summed E-state index contributed by atoms with van der Waals surface area (Å²) in [6.07, 6.45) is 2.35. The predicted molar refractivity (Wildman–Crippen MR) is 88.0 cm³/mol. The zero-order valence-corrected chi connectivity index (χ0v) is 13.7. The standard InChI is InChI=1S/C18H26N2O3/c1-23-17(14-6-3-2-4-7-14)18(22)20-12-10-19(11-13-20)15-8-5-9-16(15)21/h2-4,6-7,15-17,21H,5,8-13H2,1H3/t15-,16+,17+/m1/s1. The van der Waals surface area contributed by atoms with E-state index < -0.39 is 6.10 Å². The van der Waals surface area contributed by atoms with Gasteiger partial charge in [0.25, 0.3) is 5.91 Å². The van der Waals surface area contributed by atoms with E-state index in [0.717, 1.165) is 37.9 Å². The highest BCUT2D eigenvalue weighted by Crippen LogP contribution is 2.26. The number of ether oxygens (including phenoxy) is 1. The molecule has 23 heavy (non-hydrogen) atoms. The Morgan fingerprint density at radius 1 is 1.17 bits per heavy atom. The molecule has 0 unspecified atom stereocenters. The molecule has 1 heterocycles. The van der Waals surface area contributed by atoms with Gasteiger partial charge in [-0.2, -0.15) is 0 Å². The monoisotopic (exact) mass is 318 g/mol. The second kappa shape index (κ2) is 7.43. The van der Waals surface area contributed by atoms with Crippen LogP contribution in [-0.2, 0) is 9.53 Å². The molecule has 3 rings (SSSR count). The van der Waals surface area contributed by atoms with Crippen LogP contribution in [0.15, 0.2) is 30.3 Å². The number of benzene rings is 1. The minimum atomic E-state index is -0.528. The minimum absolute atomic E-state index is 0.0327. The first-order valence-corrected chi connectivity index (χ1v) is 8.49. The van der Waals surface area contributed by atoms with Gasteiger partial charge in [-0.05, 0) is 24.8 Å². The molecule has 126 valence electrons. The van der Waals surface area contributed by atoms with Crippen molar-refractivity contribution in [2.45, 2.75) is 37.5 Å². The fourth-order valence-electron chi connectivity index (χ4n) is 3.79. The molecule has 1 aromatic carbocycles. The third-order valence-electron chi connectivity index (χ3n) is 5.10. The van der Waals surface area contributed by atoms with E-state index in [-0.39, 0.29) is 18.1 Å². The van der Waals surface area contributed by atoms with Crippen LogP contribution in [0, 0.1) is 0 Å². The second-order valence-electron chi connectivity index (χ2n) is 6.45. The number of hydrogen-bond donors (Lipinski definition) is 1. The summed E-state index contributed by atoms with van der Waals surface area (Å²) in [7, 11) is 1.58. The molecule has 1 aliphatic carbocycles. The second-order valence-corrected chi connectivity index (χ2v) is 6.45. The zero-order valence-electron chi connectivity index (χ0n) is 13.7. The summed E-state index contributed by atoms with van der Waals surface area (Å²) in [6, 6.07) is 9.92. The maximum absolute atomic E-state index is 12.8. The summed E-state index contributed by atoms with van der Waals surface area (Å²) >= 11 is 0. The van der Waals surface area contributed by atoms with E-state index in [1.807, 2.05) is 35.2 Å². The average molecular weight is 318 g/mol. The Morgan fingerprint density at radius 3 is 2.43 bits per heavy atom. The quantitative estimate of drug-likeness (QED) is 0.912. The van der Waals surface area contributed by atoms with Gasteiger partial charge in [0.15, 0.2) is 6.10 Å². The molecule has 0 aromatic heterocycles. The van der Waals surface area contributed by atoms with Crippen LogP contribution in [0.5, 0.6) is 0 Å². The van der Waals surface area contributed by atoms with Crippen molar-refractivity contribution in [1.82, 2.24) is 9.80 Å². The first-order valence-electron chi connectivity index (χ1n) is 8.49. The van der Waals surface area contributed by atoms with Gasteiger partial charge in [-0.15, -0.1) is 0 Å². The van der Waals surface area contributed by atoms with Gasteiger partial charge in [-0.1, -0.05) is 30.3 Å². The summed E-state index contributed by atoms with van der Waals surface area (Å²) in [6.45, 7) is 3.07. The molecule has 3 atom stereocenters. The molecule has 1 N–H and O–H groups in total. The van der Waals surface area contributed by atoms with Gasteiger partial charge in [0.05, 0.1) is 6.10 Å². The lowest BCUT2D eigenvalue weighted by Gasteiger charge is -2.40. The Kier molecular flexibility index (Phi) is 5.30. The third-order valence-corrected chi connectivity index (χ3v) is 5.10. The topological polar surface area (TPSA) is 53.0 Å². The smallest absolute Gasteiger partial charge is 0.256 e. The number of aliphatic hydroxyl groups excluding tert-OH is 1. The van der Waals surface area contributed by atoms with Crippen molar-refractivity contribution in [3.05, 3.63) is 35.9 Å². The summed E-state index contributed by atoms with van der Waals surface area (Å²) in [4.78, 5) is 17.0. The van der Waals surface area contributed by atoms with Crippen LogP contribution in [0.25, 0.3) is 0 Å². The maximum Gasteiger partial charge on any atom is 0.256 e. The fraction of sp³-hybridized carbons (Fsp3) is 0.611. The van der Waals surface area contributed by atoms with E-state index in [1.54, 1.807) is 7.11 Å². The van der Waals surface area contributed by atoms with Crippen molar-refractivity contribution in [2.75, 3.05) is 33.3 Å². The molecule has 0 radical (unpaired) electrons. The summed E-state index contributed by atoms with van der Waals surface area (Å²) in [5.41, 5.74) is 0.897. The number of amides is 1. The lowest BCUT2D eigenvalue weighted by atomic mass is 10.1. The van der Waals surface area contributed by atoms with Crippen molar-refractivity contribution in [1.29, 1.82) is 0 Å². The van der Waals surface area contributed by atoms with Crippen LogP contribution >= 0.6 is 0 Å². The molecule has 1 aromatic rings. The number of piperazine rings is 1. The first-order chi connectivity index (χ1) is 11.2. The Morgan fingerprint density at radius 2 is 1.87 bits per heavy atom. The van der Waals surface area contributed by atoms with Gasteiger partial charge in [0.1, 0.15) is 0 Å². The maximum atomic E-state index is 12.8. The Hall–Kier alpha value is -1.43. The number of aliphatic hydroxyl groups is 1. The Balaban J connectivity index is 1.59. The number of carbonyl (C=O) groups is 1. The van der Waals surface area contributed by atoms with E-state index >= 15 is 0 Å². The molecule has 2 aliphatic rings. The van der Waals surface area contributed by atoms with Crippen molar-refractivity contribution >= 4 is 5.91 Å². The largest absolute Gasteiger partial charge is 0.391 e. The van der Waals surface area contributed by atoms with Gasteiger partial charge >= 0.3 is 0 Å². The zero-order chi connectivity index (χ0) is 16.2. The Bertz CT molecular complexity index is 514. The van der Waals surface area contributed by atoms with Crippen LogP contribution in [-0.4, -0.2) is 66.2 Å². The van der Waals surface area contributed by atoms with E-state index in [4.69, 9.17) is 4.74 Å². The lowest BCUT2D eigenvalue weighted by Crippen LogP contribution is -2.54. The minimum Gasteiger partial charge on any atom is -0.391 e. The molecule has 5 heteroatoms. The third kappa shape index (κ3) is 3.57. The van der Waals surface area contributed by atoms with Gasteiger partial charge in [0.2, 0.25) is 0 Å². The summed E-state index contributed by atoms with van der Waals surface area (Å²) in [5.74, 6) is 0.0327. The van der Waals surface area contributed by atoms with Crippen LogP contribution in [0.2, 0.25) is 0 Å². The van der Waals surface area contributed by atoms with Crippen LogP contribution in [0.4, 0.5) is 0 Å². The van der Waals surface area contributed by atoms with E-state index in [0.29, 0.717) is 13.1 Å².